The number of nitrogens with two attached hydrogens (primary N) is 1. The highest BCUT2D eigenvalue weighted by Gasteiger charge is 2.29. The molecule has 0 unspecified atom stereocenters. The molecule has 0 aliphatic heterocycles. The van der Waals surface area contributed by atoms with Crippen LogP contribution < -0.4 is 5.73 Å². The van der Waals surface area contributed by atoms with Gasteiger partial charge in [-0.25, -0.2) is 0 Å². The second-order valence-corrected chi connectivity index (χ2v) is 6.22. The molecule has 0 spiro atoms. The van der Waals surface area contributed by atoms with Gasteiger partial charge in [-0.1, -0.05) is 30.3 Å². The Bertz CT molecular complexity index is 634. The molecule has 2 aromatic carbocycles. The third-order valence-electron chi connectivity index (χ3n) is 4.31. The van der Waals surface area contributed by atoms with Crippen molar-refractivity contribution in [2.75, 3.05) is 5.73 Å². The number of hydrogen-bond donors (Lipinski definition) is 1. The molecular weight excluding hydrogens is 258 g/mol. The molecule has 0 radical (unpaired) electrons. The van der Waals surface area contributed by atoms with Crippen LogP contribution in [-0.2, 0) is 16.6 Å². The number of Topliss-reactive ketones (excluding diaryl/α,β-unsaturated/α-hetero) is 1. The first kappa shape index (κ1) is 15.3. The minimum absolute atomic E-state index is 0.227. The van der Waals surface area contributed by atoms with Crippen molar-refractivity contribution in [1.82, 2.24) is 0 Å². The number of aryl methyl sites for hydroxylation is 2. The van der Waals surface area contributed by atoms with Gasteiger partial charge in [-0.2, -0.15) is 0 Å². The first-order chi connectivity index (χ1) is 9.82. The van der Waals surface area contributed by atoms with E-state index in [1.165, 1.54) is 11.1 Å². The number of anilines is 1. The second-order valence-electron chi connectivity index (χ2n) is 6.22. The van der Waals surface area contributed by atoms with Gasteiger partial charge < -0.3 is 5.73 Å². The molecule has 0 heterocycles. The monoisotopic (exact) mass is 281 g/mol. The minimum Gasteiger partial charge on any atom is -0.399 e. The van der Waals surface area contributed by atoms with Crippen LogP contribution in [-0.4, -0.2) is 5.78 Å². The summed E-state index contributed by atoms with van der Waals surface area (Å²) in [5.41, 5.74) is 10.4. The summed E-state index contributed by atoms with van der Waals surface area (Å²) in [6, 6.07) is 13.7. The minimum atomic E-state index is -0.511. The molecule has 2 heteroatoms. The summed E-state index contributed by atoms with van der Waals surface area (Å²) in [5.74, 6) is 0.227. The molecule has 2 rings (SSSR count). The molecule has 0 saturated heterocycles. The summed E-state index contributed by atoms with van der Waals surface area (Å²) in [6.45, 7) is 8.08. The number of benzene rings is 2. The first-order valence-electron chi connectivity index (χ1n) is 7.27. The Morgan fingerprint density at radius 3 is 2.05 bits per heavy atom. The van der Waals surface area contributed by atoms with Crippen LogP contribution >= 0.6 is 0 Å². The van der Waals surface area contributed by atoms with Crippen molar-refractivity contribution in [2.45, 2.75) is 39.5 Å². The Morgan fingerprint density at radius 2 is 1.52 bits per heavy atom. The zero-order chi connectivity index (χ0) is 15.6. The summed E-state index contributed by atoms with van der Waals surface area (Å²) in [7, 11) is 0. The van der Waals surface area contributed by atoms with Gasteiger partial charge in [0.25, 0.3) is 0 Å². The predicted octanol–water partition coefficient (Wildman–Crippen LogP) is 3.98. The average molecular weight is 281 g/mol. The van der Waals surface area contributed by atoms with Gasteiger partial charge in [-0.05, 0) is 62.1 Å². The third-order valence-corrected chi connectivity index (χ3v) is 4.31. The summed E-state index contributed by atoms with van der Waals surface area (Å²) < 4.78 is 0. The molecule has 0 aliphatic carbocycles. The number of ketones is 1. The molecule has 21 heavy (non-hydrogen) atoms. The van der Waals surface area contributed by atoms with Gasteiger partial charge in [0.15, 0.2) is 0 Å². The van der Waals surface area contributed by atoms with E-state index in [4.69, 9.17) is 5.73 Å². The largest absolute Gasteiger partial charge is 0.399 e. The van der Waals surface area contributed by atoms with Gasteiger partial charge in [-0.3, -0.25) is 4.79 Å². The predicted molar refractivity (Wildman–Crippen MR) is 88.5 cm³/mol. The van der Waals surface area contributed by atoms with E-state index in [0.29, 0.717) is 6.42 Å². The van der Waals surface area contributed by atoms with E-state index in [-0.39, 0.29) is 5.78 Å². The van der Waals surface area contributed by atoms with Crippen LogP contribution in [0.5, 0.6) is 0 Å². The topological polar surface area (TPSA) is 43.1 Å². The number of nitrogen functional groups attached to an aromatic ring is 1. The smallest absolute Gasteiger partial charge is 0.147 e. The third kappa shape index (κ3) is 3.15. The first-order valence-corrected chi connectivity index (χ1v) is 7.27. The van der Waals surface area contributed by atoms with Crippen molar-refractivity contribution in [1.29, 1.82) is 0 Å². The summed E-state index contributed by atoms with van der Waals surface area (Å²) in [4.78, 5) is 12.8. The molecule has 2 nitrogen and oxygen atoms in total. The van der Waals surface area contributed by atoms with Crippen LogP contribution in [0.1, 0.15) is 36.1 Å². The normalized spacial score (nSPS) is 11.4. The van der Waals surface area contributed by atoms with E-state index in [1.54, 1.807) is 0 Å². The van der Waals surface area contributed by atoms with E-state index in [1.807, 2.05) is 44.2 Å². The Morgan fingerprint density at radius 1 is 1.00 bits per heavy atom. The van der Waals surface area contributed by atoms with Gasteiger partial charge in [0.2, 0.25) is 0 Å². The molecule has 110 valence electrons. The lowest BCUT2D eigenvalue weighted by atomic mass is 9.77. The molecule has 2 aromatic rings. The molecular formula is C19H23NO. The maximum Gasteiger partial charge on any atom is 0.147 e. The number of carbonyl (C=O) groups is 1. The van der Waals surface area contributed by atoms with Crippen molar-refractivity contribution in [3.8, 4) is 0 Å². The molecule has 0 aliphatic rings. The zero-order valence-electron chi connectivity index (χ0n) is 13.2. The van der Waals surface area contributed by atoms with Crippen molar-refractivity contribution in [2.24, 2.45) is 0 Å². The Hall–Kier alpha value is -2.09. The number of hydrogen-bond acceptors (Lipinski definition) is 2. The van der Waals surface area contributed by atoms with Crippen molar-refractivity contribution in [3.05, 3.63) is 64.7 Å². The van der Waals surface area contributed by atoms with Gasteiger partial charge >= 0.3 is 0 Å². The maximum absolute atomic E-state index is 12.8. The average Bonchev–Trinajstić information content (AvgIpc) is 2.43. The Kier molecular flexibility index (Phi) is 4.17. The SMILES string of the molecule is Cc1cccc(C)c1CC(=O)C(C)(C)c1ccc(N)cc1. The van der Waals surface area contributed by atoms with E-state index < -0.39 is 5.41 Å². The summed E-state index contributed by atoms with van der Waals surface area (Å²) in [5, 5.41) is 0. The fraction of sp³-hybridized carbons (Fsp3) is 0.316. The van der Waals surface area contributed by atoms with Gasteiger partial charge in [0, 0.05) is 17.5 Å². The summed E-state index contributed by atoms with van der Waals surface area (Å²) in [6.07, 6.45) is 0.468. The van der Waals surface area contributed by atoms with Crippen LogP contribution in [0.15, 0.2) is 42.5 Å². The number of carbonyl (C=O) groups excluding carboxylic acids is 1. The lowest BCUT2D eigenvalue weighted by molar-refractivity contribution is -0.122. The molecule has 0 aromatic heterocycles. The summed E-state index contributed by atoms with van der Waals surface area (Å²) >= 11 is 0. The lowest BCUT2D eigenvalue weighted by Crippen LogP contribution is -2.31. The molecule has 0 saturated carbocycles. The fourth-order valence-electron chi connectivity index (χ4n) is 2.57. The molecule has 0 atom stereocenters. The van der Waals surface area contributed by atoms with E-state index >= 15 is 0 Å². The van der Waals surface area contributed by atoms with E-state index in [0.717, 1.165) is 16.8 Å². The molecule has 0 bridgehead atoms. The zero-order valence-corrected chi connectivity index (χ0v) is 13.2. The van der Waals surface area contributed by atoms with Crippen LogP contribution in [0.3, 0.4) is 0 Å². The van der Waals surface area contributed by atoms with Crippen LogP contribution in [0, 0.1) is 13.8 Å². The fourth-order valence-corrected chi connectivity index (χ4v) is 2.57. The van der Waals surface area contributed by atoms with Gasteiger partial charge in [0.1, 0.15) is 5.78 Å². The van der Waals surface area contributed by atoms with Crippen molar-refractivity contribution >= 4 is 11.5 Å². The number of rotatable bonds is 4. The highest BCUT2D eigenvalue weighted by molar-refractivity contribution is 5.91. The van der Waals surface area contributed by atoms with Crippen LogP contribution in [0.2, 0.25) is 0 Å². The molecule has 2 N–H and O–H groups in total. The lowest BCUT2D eigenvalue weighted by Gasteiger charge is -2.25. The Balaban J connectivity index is 2.28. The standard InChI is InChI=1S/C19H23NO/c1-13-6-5-7-14(2)17(13)12-18(21)19(3,4)15-8-10-16(20)11-9-15/h5-11H,12,20H2,1-4H3. The quantitative estimate of drug-likeness (QED) is 0.862. The maximum atomic E-state index is 12.8. The van der Waals surface area contributed by atoms with Gasteiger partial charge in [-0.15, -0.1) is 0 Å². The molecule has 0 amide bonds. The van der Waals surface area contributed by atoms with Crippen LogP contribution in [0.25, 0.3) is 0 Å². The van der Waals surface area contributed by atoms with Crippen molar-refractivity contribution in [3.63, 3.8) is 0 Å². The van der Waals surface area contributed by atoms with E-state index in [9.17, 15) is 4.79 Å². The van der Waals surface area contributed by atoms with Crippen LogP contribution in [0.4, 0.5) is 5.69 Å². The Labute approximate surface area is 127 Å². The van der Waals surface area contributed by atoms with Gasteiger partial charge in [0.05, 0.1) is 0 Å². The van der Waals surface area contributed by atoms with E-state index in [2.05, 4.69) is 26.0 Å². The highest BCUT2D eigenvalue weighted by atomic mass is 16.1. The highest BCUT2D eigenvalue weighted by Crippen LogP contribution is 2.28. The van der Waals surface area contributed by atoms with Crippen molar-refractivity contribution < 1.29 is 4.79 Å². The molecule has 0 fully saturated rings. The second kappa shape index (κ2) is 5.72.